The fourth-order valence-corrected chi connectivity index (χ4v) is 7.63. The Morgan fingerprint density at radius 2 is 1.24 bits per heavy atom. The highest BCUT2D eigenvalue weighted by Gasteiger charge is 2.19. The van der Waals surface area contributed by atoms with Gasteiger partial charge in [0, 0.05) is 81.2 Å². The first kappa shape index (κ1) is 30.9. The minimum absolute atomic E-state index is 0.896. The van der Waals surface area contributed by atoms with Crippen molar-refractivity contribution in [2.75, 3.05) is 25.5 Å². The number of nitrogens with one attached hydrogen (secondary N) is 1. The summed E-state index contributed by atoms with van der Waals surface area (Å²) in [6.07, 6.45) is 1.08. The van der Waals surface area contributed by atoms with Crippen molar-refractivity contribution in [3.63, 3.8) is 0 Å². The smallest absolute Gasteiger partial charge is 0.206 e. The lowest BCUT2D eigenvalue weighted by atomic mass is 9.93. The minimum Gasteiger partial charge on any atom is -0.455 e. The number of benzene rings is 7. The van der Waals surface area contributed by atoms with Gasteiger partial charge in [0.2, 0.25) is 11.0 Å². The third-order valence-electron chi connectivity index (χ3n) is 9.40. The predicted molar refractivity (Wildman–Crippen MR) is 210 cm³/mol. The minimum atomic E-state index is 0.896. The molecule has 0 aliphatic carbocycles. The van der Waals surface area contributed by atoms with Crippen molar-refractivity contribution in [2.24, 2.45) is 0 Å². The Balaban J connectivity index is 1.40. The molecule has 0 unspecified atom stereocenters. The predicted octanol–water partition coefficient (Wildman–Crippen LogP) is 11.1. The van der Waals surface area contributed by atoms with E-state index in [4.69, 9.17) is 4.42 Å². The molecule has 0 radical (unpaired) electrons. The summed E-state index contributed by atoms with van der Waals surface area (Å²) in [5, 5.41) is 7.81. The zero-order valence-corrected chi connectivity index (χ0v) is 28.8. The van der Waals surface area contributed by atoms with E-state index in [1.807, 2.05) is 0 Å². The monoisotopic (exact) mass is 656 g/mol. The van der Waals surface area contributed by atoms with E-state index in [1.54, 1.807) is 11.9 Å². The third-order valence-corrected chi connectivity index (χ3v) is 10.3. The summed E-state index contributed by atoms with van der Waals surface area (Å²) in [7, 11) is 4.23. The van der Waals surface area contributed by atoms with E-state index >= 15 is 0 Å². The molecule has 240 valence electrons. The van der Waals surface area contributed by atoms with Crippen LogP contribution in [0.5, 0.6) is 0 Å². The highest BCUT2D eigenvalue weighted by molar-refractivity contribution is 7.97. The van der Waals surface area contributed by atoms with E-state index in [0.717, 1.165) is 78.9 Å². The van der Waals surface area contributed by atoms with Crippen LogP contribution in [0.4, 0.5) is 17.1 Å². The molecule has 0 fully saturated rings. The summed E-state index contributed by atoms with van der Waals surface area (Å²) in [6.45, 7) is 3.14. The van der Waals surface area contributed by atoms with Gasteiger partial charge >= 0.3 is 0 Å². The zero-order valence-electron chi connectivity index (χ0n) is 28.0. The Labute approximate surface area is 291 Å². The van der Waals surface area contributed by atoms with Crippen LogP contribution in [0.2, 0.25) is 0 Å². The van der Waals surface area contributed by atoms with Gasteiger partial charge in [0.15, 0.2) is 0 Å². The maximum atomic E-state index is 7.09. The molecule has 0 spiro atoms. The van der Waals surface area contributed by atoms with Gasteiger partial charge in [0.05, 0.1) is 0 Å². The van der Waals surface area contributed by atoms with E-state index in [9.17, 15) is 0 Å². The van der Waals surface area contributed by atoms with Gasteiger partial charge < -0.3 is 9.32 Å². The summed E-state index contributed by atoms with van der Waals surface area (Å²) in [5.41, 5.74) is 7.61. The van der Waals surface area contributed by atoms with Crippen molar-refractivity contribution in [3.8, 4) is 11.1 Å². The van der Waals surface area contributed by atoms with Crippen LogP contribution in [0.25, 0.3) is 54.6 Å². The molecule has 4 nitrogen and oxygen atoms in total. The van der Waals surface area contributed by atoms with Gasteiger partial charge in [0.25, 0.3) is 0 Å². The first-order valence-corrected chi connectivity index (χ1v) is 17.7. The molecule has 8 aromatic rings. The molecule has 0 amide bonds. The van der Waals surface area contributed by atoms with Crippen molar-refractivity contribution < 1.29 is 4.42 Å². The number of hydrogen-bond acceptors (Lipinski definition) is 4. The van der Waals surface area contributed by atoms with Crippen molar-refractivity contribution in [1.82, 2.24) is 9.30 Å². The Bertz CT molecular complexity index is 2540. The van der Waals surface area contributed by atoms with Crippen molar-refractivity contribution in [1.29, 1.82) is 0 Å². The van der Waals surface area contributed by atoms with Crippen LogP contribution in [-0.4, -0.2) is 20.6 Å². The number of para-hydroxylation sites is 2. The van der Waals surface area contributed by atoms with E-state index in [2.05, 4.69) is 181 Å². The standard InChI is InChI=1S/C44H38N3OS/c1-4-27-45-49-41-18-12-11-17-38(41)42-39-23-19-30-28-34(46(2)32-13-7-5-8-14-32)21-25-36(30)43(39)48-44-37-26-22-35(29-31(37)20-24-40(42)44)47(3)33-15-9-6-10-16-33/h5-26,28-29,45H,4,27H2,1-3H3/q+1. The van der Waals surface area contributed by atoms with Gasteiger partial charge in [-0.15, -0.1) is 0 Å². The second kappa shape index (κ2) is 13.3. The highest BCUT2D eigenvalue weighted by Crippen LogP contribution is 2.44. The number of anilines is 2. The molecule has 49 heavy (non-hydrogen) atoms. The van der Waals surface area contributed by atoms with Crippen LogP contribution in [0.15, 0.2) is 155 Å². The first-order chi connectivity index (χ1) is 24.1. The van der Waals surface area contributed by atoms with E-state index in [0.29, 0.717) is 0 Å². The van der Waals surface area contributed by atoms with Crippen LogP contribution >= 0.6 is 11.9 Å². The van der Waals surface area contributed by atoms with Crippen LogP contribution < -0.4 is 19.6 Å². The molecule has 7 aromatic carbocycles. The average Bonchev–Trinajstić information content (AvgIpc) is 3.17. The van der Waals surface area contributed by atoms with Crippen molar-refractivity contribution in [2.45, 2.75) is 18.2 Å². The number of nitrogens with zero attached hydrogens (tertiary/aromatic N) is 2. The molecule has 0 bridgehead atoms. The second-order valence-corrected chi connectivity index (χ2v) is 13.4. The normalized spacial score (nSPS) is 12.2. The average molecular weight is 657 g/mol. The molecule has 0 saturated heterocycles. The Hall–Kier alpha value is -5.36. The van der Waals surface area contributed by atoms with Crippen LogP contribution in [-0.2, 0) is 0 Å². The fraction of sp³-hybridized carbons (Fsp3) is 0.114. The lowest BCUT2D eigenvalue weighted by molar-refractivity contribution is 0.669. The number of rotatable bonds is 8. The zero-order chi connectivity index (χ0) is 33.3. The molecule has 0 saturated carbocycles. The van der Waals surface area contributed by atoms with Gasteiger partial charge in [-0.05, 0) is 89.3 Å². The van der Waals surface area contributed by atoms with Crippen LogP contribution in [0.3, 0.4) is 0 Å². The molecule has 0 aliphatic heterocycles. The van der Waals surface area contributed by atoms with Gasteiger partial charge in [-0.3, -0.25) is 4.72 Å². The highest BCUT2D eigenvalue weighted by atomic mass is 32.2. The van der Waals surface area contributed by atoms with E-state index < -0.39 is 0 Å². The Morgan fingerprint density at radius 3 is 1.96 bits per heavy atom. The summed E-state index contributed by atoms with van der Waals surface area (Å²) in [6, 6.07) is 52.0. The van der Waals surface area contributed by atoms with Gasteiger partial charge in [-0.1, -0.05) is 73.7 Å². The lowest BCUT2D eigenvalue weighted by Crippen LogP contribution is -2.20. The Morgan fingerprint density at radius 1 is 0.633 bits per heavy atom. The molecule has 5 heteroatoms. The lowest BCUT2D eigenvalue weighted by Gasteiger charge is -2.20. The van der Waals surface area contributed by atoms with Gasteiger partial charge in [0.1, 0.15) is 18.2 Å². The van der Waals surface area contributed by atoms with Gasteiger partial charge in [-0.2, -0.15) is 4.58 Å². The molecule has 1 N–H and O–H groups in total. The first-order valence-electron chi connectivity index (χ1n) is 16.9. The summed E-state index contributed by atoms with van der Waals surface area (Å²) in [5.74, 6) is 0. The molecular weight excluding hydrogens is 619 g/mol. The molecule has 0 aliphatic rings. The van der Waals surface area contributed by atoms with E-state index in [-0.39, 0.29) is 0 Å². The molecule has 0 atom stereocenters. The summed E-state index contributed by atoms with van der Waals surface area (Å²) >= 11 is 1.71. The number of hydrogen-bond donors (Lipinski definition) is 1. The van der Waals surface area contributed by atoms with Crippen molar-refractivity contribution in [3.05, 3.63) is 151 Å². The molecule has 1 heterocycles. The second-order valence-electron chi connectivity index (χ2n) is 12.5. The quantitative estimate of drug-likeness (QED) is 0.0580. The molecule has 8 rings (SSSR count). The largest absolute Gasteiger partial charge is 0.455 e. The Kier molecular flexibility index (Phi) is 8.38. The third kappa shape index (κ3) is 5.75. The summed E-state index contributed by atoms with van der Waals surface area (Å²) in [4.78, 5) is 3.42. The van der Waals surface area contributed by atoms with E-state index in [1.165, 1.54) is 16.0 Å². The topological polar surface area (TPSA) is 31.4 Å². The van der Waals surface area contributed by atoms with Crippen molar-refractivity contribution >= 4 is 72.5 Å². The number of fused-ring (bicyclic) bond motifs is 6. The van der Waals surface area contributed by atoms with Crippen LogP contribution in [0, 0.1) is 0 Å². The molecule has 1 aromatic heterocycles. The summed E-state index contributed by atoms with van der Waals surface area (Å²) < 4.78 is 12.9. The SMILES string of the molecule is CCCNSc1ccccc1-c1c2ccc3cc(N(C)c4ccccc4)ccc3c2oc2c1ccc1cc(=[N+](C)c3ccccc3)ccc12. The maximum absolute atomic E-state index is 7.09. The van der Waals surface area contributed by atoms with Gasteiger partial charge in [-0.25, -0.2) is 0 Å². The molecular formula is C44H38N3OS+. The van der Waals surface area contributed by atoms with Crippen LogP contribution in [0.1, 0.15) is 13.3 Å². The maximum Gasteiger partial charge on any atom is 0.206 e. The fourth-order valence-electron chi connectivity index (χ4n) is 6.74.